The fraction of sp³-hybridized carbons (Fsp3) is 1.00. The lowest BCUT2D eigenvalue weighted by Crippen LogP contribution is -2.31. The summed E-state index contributed by atoms with van der Waals surface area (Å²) >= 11 is 0. The minimum absolute atomic E-state index is 0.273. The number of rotatable bonds is 11. The Bertz CT molecular complexity index is 289. The molecule has 5 heteroatoms. The molecule has 0 aliphatic heterocycles. The van der Waals surface area contributed by atoms with Crippen LogP contribution in [0.25, 0.3) is 0 Å². The van der Waals surface area contributed by atoms with Gasteiger partial charge in [0.2, 0.25) is 10.0 Å². The average molecular weight is 278 g/mol. The molecule has 0 radical (unpaired) electrons. The maximum absolute atomic E-state index is 11.9. The monoisotopic (exact) mass is 278 g/mol. The normalized spacial score (nSPS) is 12.6. The summed E-state index contributed by atoms with van der Waals surface area (Å²) in [5, 5.41) is 3.28. The molecular weight excluding hydrogens is 248 g/mol. The van der Waals surface area contributed by atoms with Gasteiger partial charge in [-0.25, -0.2) is 12.7 Å². The van der Waals surface area contributed by atoms with E-state index in [4.69, 9.17) is 0 Å². The summed E-state index contributed by atoms with van der Waals surface area (Å²) in [6, 6.07) is 0. The Kier molecular flexibility index (Phi) is 9.68. The highest BCUT2D eigenvalue weighted by molar-refractivity contribution is 7.89. The molecule has 0 spiro atoms. The van der Waals surface area contributed by atoms with E-state index in [1.165, 1.54) is 4.31 Å². The van der Waals surface area contributed by atoms with Crippen molar-refractivity contribution in [3.63, 3.8) is 0 Å². The number of nitrogens with one attached hydrogen (secondary N) is 1. The van der Waals surface area contributed by atoms with Crippen molar-refractivity contribution in [3.8, 4) is 0 Å². The Labute approximate surface area is 113 Å². The summed E-state index contributed by atoms with van der Waals surface area (Å²) < 4.78 is 25.4. The van der Waals surface area contributed by atoms with Crippen LogP contribution >= 0.6 is 0 Å². The maximum atomic E-state index is 11.9. The first-order chi connectivity index (χ1) is 8.40. The van der Waals surface area contributed by atoms with Gasteiger partial charge in [-0.15, -0.1) is 0 Å². The van der Waals surface area contributed by atoms with Gasteiger partial charge in [0.15, 0.2) is 0 Å². The number of hydrogen-bond donors (Lipinski definition) is 1. The molecule has 18 heavy (non-hydrogen) atoms. The average Bonchev–Trinajstić information content (AvgIpc) is 2.30. The number of hydrogen-bond acceptors (Lipinski definition) is 3. The standard InChI is InChI=1S/C13H30N2O2S/c1-5-9-14-10-6-7-12-18(16,17)15(4)11-8-13(2)3/h13-14H,5-12H2,1-4H3. The van der Waals surface area contributed by atoms with Crippen LogP contribution in [0.3, 0.4) is 0 Å². The van der Waals surface area contributed by atoms with Gasteiger partial charge in [-0.2, -0.15) is 0 Å². The third-order valence-corrected chi connectivity index (χ3v) is 4.87. The highest BCUT2D eigenvalue weighted by Gasteiger charge is 2.16. The van der Waals surface area contributed by atoms with Crippen molar-refractivity contribution >= 4 is 10.0 Å². The second-order valence-corrected chi connectivity index (χ2v) is 7.47. The first-order valence-electron chi connectivity index (χ1n) is 7.05. The maximum Gasteiger partial charge on any atom is 0.213 e. The molecule has 4 nitrogen and oxygen atoms in total. The van der Waals surface area contributed by atoms with Crippen molar-refractivity contribution in [3.05, 3.63) is 0 Å². The molecule has 0 amide bonds. The van der Waals surface area contributed by atoms with Crippen LogP contribution in [-0.4, -0.2) is 45.2 Å². The first-order valence-corrected chi connectivity index (χ1v) is 8.65. The van der Waals surface area contributed by atoms with Gasteiger partial charge in [0, 0.05) is 13.6 Å². The van der Waals surface area contributed by atoms with Gasteiger partial charge in [0.25, 0.3) is 0 Å². The van der Waals surface area contributed by atoms with Gasteiger partial charge in [0.1, 0.15) is 0 Å². The summed E-state index contributed by atoms with van der Waals surface area (Å²) in [7, 11) is -1.36. The zero-order chi connectivity index (χ0) is 14.0. The van der Waals surface area contributed by atoms with Crippen LogP contribution in [0.4, 0.5) is 0 Å². The van der Waals surface area contributed by atoms with E-state index < -0.39 is 10.0 Å². The second-order valence-electron chi connectivity index (χ2n) is 5.28. The van der Waals surface area contributed by atoms with E-state index in [1.807, 2.05) is 0 Å². The summed E-state index contributed by atoms with van der Waals surface area (Å²) in [4.78, 5) is 0. The summed E-state index contributed by atoms with van der Waals surface area (Å²) in [6.07, 6.45) is 3.71. The molecule has 0 saturated carbocycles. The summed E-state index contributed by atoms with van der Waals surface area (Å²) in [5.74, 6) is 0.816. The molecule has 0 bridgehead atoms. The fourth-order valence-corrected chi connectivity index (χ4v) is 2.84. The molecule has 1 N–H and O–H groups in total. The molecule has 0 saturated heterocycles. The molecule has 0 aliphatic rings. The Morgan fingerprint density at radius 3 is 2.39 bits per heavy atom. The van der Waals surface area contributed by atoms with Crippen molar-refractivity contribution in [2.24, 2.45) is 5.92 Å². The first kappa shape index (κ1) is 17.9. The molecule has 0 heterocycles. The smallest absolute Gasteiger partial charge is 0.213 e. The minimum Gasteiger partial charge on any atom is -0.317 e. The van der Waals surface area contributed by atoms with E-state index in [-0.39, 0.29) is 5.75 Å². The predicted molar refractivity (Wildman–Crippen MR) is 78.3 cm³/mol. The van der Waals surface area contributed by atoms with E-state index in [1.54, 1.807) is 7.05 Å². The molecule has 0 aromatic heterocycles. The van der Waals surface area contributed by atoms with E-state index >= 15 is 0 Å². The van der Waals surface area contributed by atoms with Crippen LogP contribution in [0, 0.1) is 5.92 Å². The van der Waals surface area contributed by atoms with Gasteiger partial charge in [0.05, 0.1) is 5.75 Å². The number of nitrogens with zero attached hydrogens (tertiary/aromatic N) is 1. The number of unbranched alkanes of at least 4 members (excludes halogenated alkanes) is 1. The van der Waals surface area contributed by atoms with Crippen molar-refractivity contribution in [2.75, 3.05) is 32.4 Å². The fourth-order valence-electron chi connectivity index (χ4n) is 1.57. The Balaban J connectivity index is 3.78. The van der Waals surface area contributed by atoms with Crippen LogP contribution in [0.5, 0.6) is 0 Å². The van der Waals surface area contributed by atoms with E-state index in [0.29, 0.717) is 12.5 Å². The second kappa shape index (κ2) is 9.75. The lowest BCUT2D eigenvalue weighted by Gasteiger charge is -2.18. The van der Waals surface area contributed by atoms with Crippen molar-refractivity contribution in [1.29, 1.82) is 0 Å². The van der Waals surface area contributed by atoms with Gasteiger partial charge < -0.3 is 5.32 Å². The molecule has 0 aliphatic carbocycles. The van der Waals surface area contributed by atoms with E-state index in [0.717, 1.165) is 38.8 Å². The van der Waals surface area contributed by atoms with Crippen LogP contribution < -0.4 is 5.32 Å². The van der Waals surface area contributed by atoms with Crippen LogP contribution in [0.1, 0.15) is 46.5 Å². The Hall–Kier alpha value is -0.130. The molecule has 110 valence electrons. The third-order valence-electron chi connectivity index (χ3n) is 2.93. The molecule has 0 aromatic carbocycles. The van der Waals surface area contributed by atoms with Gasteiger partial charge in [-0.1, -0.05) is 20.8 Å². The van der Waals surface area contributed by atoms with Gasteiger partial charge >= 0.3 is 0 Å². The highest BCUT2D eigenvalue weighted by Crippen LogP contribution is 2.07. The Morgan fingerprint density at radius 1 is 1.17 bits per heavy atom. The largest absolute Gasteiger partial charge is 0.317 e. The van der Waals surface area contributed by atoms with E-state index in [2.05, 4.69) is 26.1 Å². The third kappa shape index (κ3) is 8.89. The number of sulfonamides is 1. The molecular formula is C13H30N2O2S. The van der Waals surface area contributed by atoms with Crippen LogP contribution in [0.2, 0.25) is 0 Å². The summed E-state index contributed by atoms with van der Waals surface area (Å²) in [5.41, 5.74) is 0. The quantitative estimate of drug-likeness (QED) is 0.589. The molecule has 0 rings (SSSR count). The molecule has 0 atom stereocenters. The Morgan fingerprint density at radius 2 is 1.83 bits per heavy atom. The van der Waals surface area contributed by atoms with Crippen molar-refractivity contribution in [1.82, 2.24) is 9.62 Å². The molecule has 0 unspecified atom stereocenters. The molecule has 0 fully saturated rings. The van der Waals surface area contributed by atoms with Gasteiger partial charge in [-0.05, 0) is 44.7 Å². The van der Waals surface area contributed by atoms with Crippen LogP contribution in [0.15, 0.2) is 0 Å². The predicted octanol–water partition coefficient (Wildman–Crippen LogP) is 2.07. The van der Waals surface area contributed by atoms with Gasteiger partial charge in [-0.3, -0.25) is 0 Å². The van der Waals surface area contributed by atoms with Crippen LogP contribution in [-0.2, 0) is 10.0 Å². The lowest BCUT2D eigenvalue weighted by molar-refractivity contribution is 0.427. The summed E-state index contributed by atoms with van der Waals surface area (Å²) in [6.45, 7) is 8.91. The zero-order valence-corrected chi connectivity index (χ0v) is 13.2. The lowest BCUT2D eigenvalue weighted by atomic mass is 10.1. The molecule has 0 aromatic rings. The minimum atomic E-state index is -3.04. The SMILES string of the molecule is CCCNCCCCS(=O)(=O)N(C)CCC(C)C. The topological polar surface area (TPSA) is 49.4 Å². The zero-order valence-electron chi connectivity index (χ0n) is 12.4. The van der Waals surface area contributed by atoms with Crippen molar-refractivity contribution in [2.45, 2.75) is 46.5 Å². The highest BCUT2D eigenvalue weighted by atomic mass is 32.2. The van der Waals surface area contributed by atoms with Crippen molar-refractivity contribution < 1.29 is 8.42 Å². The van der Waals surface area contributed by atoms with E-state index in [9.17, 15) is 8.42 Å².